The van der Waals surface area contributed by atoms with Gasteiger partial charge in [-0.15, -0.1) is 0 Å². The van der Waals surface area contributed by atoms with E-state index in [0.717, 1.165) is 30.5 Å². The Bertz CT molecular complexity index is 970. The van der Waals surface area contributed by atoms with E-state index in [1.165, 1.54) is 12.1 Å². The highest BCUT2D eigenvalue weighted by Crippen LogP contribution is 2.36. The molecule has 0 aliphatic carbocycles. The second kappa shape index (κ2) is 7.28. The predicted molar refractivity (Wildman–Crippen MR) is 92.6 cm³/mol. The molecule has 140 valence electrons. The molecule has 2 aromatic carbocycles. The number of anilines is 2. The second-order valence-corrected chi connectivity index (χ2v) is 5.76. The molecule has 0 radical (unpaired) electrons. The number of nitrogens with zero attached hydrogens (tertiary/aromatic N) is 2. The summed E-state index contributed by atoms with van der Waals surface area (Å²) in [7, 11) is 0. The van der Waals surface area contributed by atoms with Crippen LogP contribution in [0.15, 0.2) is 54.7 Å². The van der Waals surface area contributed by atoms with Crippen LogP contribution in [-0.4, -0.2) is 15.8 Å². The van der Waals surface area contributed by atoms with Crippen molar-refractivity contribution < 1.29 is 22.4 Å². The zero-order valence-electron chi connectivity index (χ0n) is 13.4. The number of nitrogens with one attached hydrogen (secondary N) is 2. The third kappa shape index (κ3) is 4.20. The van der Waals surface area contributed by atoms with Crippen molar-refractivity contribution in [2.75, 3.05) is 10.6 Å². The normalized spacial score (nSPS) is 11.3. The molecule has 0 saturated heterocycles. The number of benzene rings is 2. The lowest BCUT2D eigenvalue weighted by Gasteiger charge is -2.14. The number of alkyl halides is 3. The molecule has 0 spiro atoms. The molecule has 0 unspecified atom stereocenters. The van der Waals surface area contributed by atoms with Crippen molar-refractivity contribution in [3.63, 3.8) is 0 Å². The summed E-state index contributed by atoms with van der Waals surface area (Å²) in [6.45, 7) is 0. The van der Waals surface area contributed by atoms with Crippen molar-refractivity contribution in [3.05, 3.63) is 71.3 Å². The van der Waals surface area contributed by atoms with Crippen molar-refractivity contribution in [3.8, 4) is 5.69 Å². The minimum Gasteiger partial charge on any atom is -0.306 e. The van der Waals surface area contributed by atoms with Gasteiger partial charge in [-0.25, -0.2) is 13.9 Å². The number of urea groups is 1. The number of carbonyl (C=O) groups excluding carboxylic acids is 1. The molecule has 1 aromatic heterocycles. The van der Waals surface area contributed by atoms with Gasteiger partial charge >= 0.3 is 12.2 Å². The number of hydrogen-bond donors (Lipinski definition) is 2. The van der Waals surface area contributed by atoms with Gasteiger partial charge in [0.2, 0.25) is 0 Å². The Morgan fingerprint density at radius 3 is 2.26 bits per heavy atom. The van der Waals surface area contributed by atoms with Crippen LogP contribution in [0.2, 0.25) is 5.02 Å². The molecule has 2 amide bonds. The maximum Gasteiger partial charge on any atom is 0.435 e. The monoisotopic (exact) mass is 398 g/mol. The van der Waals surface area contributed by atoms with Crippen molar-refractivity contribution in [1.82, 2.24) is 9.78 Å². The number of rotatable bonds is 3. The number of halogens is 5. The Morgan fingerprint density at radius 1 is 1.00 bits per heavy atom. The highest BCUT2D eigenvalue weighted by molar-refractivity contribution is 6.33. The van der Waals surface area contributed by atoms with Crippen molar-refractivity contribution in [2.45, 2.75) is 6.18 Å². The van der Waals surface area contributed by atoms with Gasteiger partial charge in [0.1, 0.15) is 5.82 Å². The second-order valence-electron chi connectivity index (χ2n) is 5.35. The van der Waals surface area contributed by atoms with Gasteiger partial charge in [0.15, 0.2) is 5.69 Å². The van der Waals surface area contributed by atoms with Crippen LogP contribution < -0.4 is 10.6 Å². The zero-order chi connectivity index (χ0) is 19.6. The molecule has 0 aliphatic heterocycles. The molecule has 0 bridgehead atoms. The van der Waals surface area contributed by atoms with Crippen LogP contribution in [0.1, 0.15) is 5.69 Å². The minimum absolute atomic E-state index is 0.0108. The van der Waals surface area contributed by atoms with Crippen molar-refractivity contribution in [1.29, 1.82) is 0 Å². The molecule has 0 fully saturated rings. The first-order chi connectivity index (χ1) is 12.8. The molecule has 3 rings (SSSR count). The number of amides is 2. The lowest BCUT2D eigenvalue weighted by atomic mass is 10.3. The average molecular weight is 399 g/mol. The van der Waals surface area contributed by atoms with Crippen molar-refractivity contribution in [2.24, 2.45) is 0 Å². The van der Waals surface area contributed by atoms with E-state index < -0.39 is 29.4 Å². The van der Waals surface area contributed by atoms with Crippen molar-refractivity contribution >= 4 is 29.0 Å². The molecule has 1 heterocycles. The van der Waals surface area contributed by atoms with Crippen LogP contribution in [0, 0.1) is 5.82 Å². The number of aromatic nitrogens is 2. The van der Waals surface area contributed by atoms with Gasteiger partial charge in [-0.1, -0.05) is 23.7 Å². The fourth-order valence-electron chi connectivity index (χ4n) is 2.33. The Balaban J connectivity index is 1.90. The van der Waals surface area contributed by atoms with Crippen LogP contribution in [0.4, 0.5) is 33.7 Å². The van der Waals surface area contributed by atoms with Crippen LogP contribution in [0.25, 0.3) is 5.69 Å². The Kier molecular flexibility index (Phi) is 5.04. The zero-order valence-corrected chi connectivity index (χ0v) is 14.1. The summed E-state index contributed by atoms with van der Waals surface area (Å²) >= 11 is 5.90. The van der Waals surface area contributed by atoms with E-state index in [4.69, 9.17) is 11.6 Å². The van der Waals surface area contributed by atoms with Crippen LogP contribution in [0.3, 0.4) is 0 Å². The third-order valence-electron chi connectivity index (χ3n) is 3.48. The Labute approximate surface area is 155 Å². The molecule has 27 heavy (non-hydrogen) atoms. The highest BCUT2D eigenvalue weighted by atomic mass is 35.5. The summed E-state index contributed by atoms with van der Waals surface area (Å²) in [5.74, 6) is -0.600. The summed E-state index contributed by atoms with van der Waals surface area (Å²) in [6.07, 6.45) is -3.96. The standard InChI is InChI=1S/C17H11ClF4N4O/c18-12-3-1-2-4-13(12)24-16(27)25-14-9-23-26(15(14)17(20,21)22)11-7-5-10(19)6-8-11/h1-9H,(H2,24,25,27). The highest BCUT2D eigenvalue weighted by Gasteiger charge is 2.39. The largest absolute Gasteiger partial charge is 0.435 e. The molecule has 0 aliphatic rings. The molecule has 5 nitrogen and oxygen atoms in total. The smallest absolute Gasteiger partial charge is 0.306 e. The molecule has 0 atom stereocenters. The summed E-state index contributed by atoms with van der Waals surface area (Å²) in [4.78, 5) is 12.1. The van der Waals surface area contributed by atoms with E-state index in [-0.39, 0.29) is 16.4 Å². The summed E-state index contributed by atoms with van der Waals surface area (Å²) in [5.41, 5.74) is -1.54. The van der Waals surface area contributed by atoms with Crippen LogP contribution in [0.5, 0.6) is 0 Å². The van der Waals surface area contributed by atoms with E-state index in [1.807, 2.05) is 0 Å². The average Bonchev–Trinajstić information content (AvgIpc) is 3.01. The van der Waals surface area contributed by atoms with Crippen LogP contribution in [-0.2, 0) is 6.18 Å². The first-order valence-electron chi connectivity index (χ1n) is 7.49. The van der Waals surface area contributed by atoms with E-state index in [0.29, 0.717) is 4.68 Å². The first-order valence-corrected chi connectivity index (χ1v) is 7.87. The fourth-order valence-corrected chi connectivity index (χ4v) is 2.51. The van der Waals surface area contributed by atoms with E-state index in [9.17, 15) is 22.4 Å². The molecular weight excluding hydrogens is 388 g/mol. The maximum absolute atomic E-state index is 13.5. The maximum atomic E-state index is 13.5. The quantitative estimate of drug-likeness (QED) is 0.586. The number of para-hydroxylation sites is 1. The van der Waals surface area contributed by atoms with Gasteiger partial charge in [0, 0.05) is 0 Å². The topological polar surface area (TPSA) is 59.0 Å². The molecule has 0 saturated carbocycles. The van der Waals surface area contributed by atoms with Crippen LogP contribution >= 0.6 is 11.6 Å². The Hall–Kier alpha value is -3.07. The summed E-state index contributed by atoms with van der Waals surface area (Å²) in [5, 5.41) is 8.36. The minimum atomic E-state index is -4.82. The van der Waals surface area contributed by atoms with Gasteiger partial charge in [-0.2, -0.15) is 18.3 Å². The SMILES string of the molecule is O=C(Nc1ccccc1Cl)Nc1cnn(-c2ccc(F)cc2)c1C(F)(F)F. The molecular formula is C17H11ClF4N4O. The summed E-state index contributed by atoms with van der Waals surface area (Å²) in [6, 6.07) is 9.64. The Morgan fingerprint density at radius 2 is 1.63 bits per heavy atom. The molecule has 3 aromatic rings. The summed E-state index contributed by atoms with van der Waals surface area (Å²) < 4.78 is 54.2. The van der Waals surface area contributed by atoms with E-state index in [1.54, 1.807) is 12.1 Å². The lowest BCUT2D eigenvalue weighted by Crippen LogP contribution is -2.22. The fraction of sp³-hybridized carbons (Fsp3) is 0.0588. The number of carbonyl (C=O) groups is 1. The van der Waals surface area contributed by atoms with Gasteiger partial charge in [-0.3, -0.25) is 0 Å². The number of hydrogen-bond acceptors (Lipinski definition) is 2. The van der Waals surface area contributed by atoms with Gasteiger partial charge < -0.3 is 10.6 Å². The first kappa shape index (κ1) is 18.7. The molecule has 10 heteroatoms. The van der Waals surface area contributed by atoms with Gasteiger partial charge in [0.25, 0.3) is 0 Å². The molecule has 2 N–H and O–H groups in total. The predicted octanol–water partition coefficient (Wildman–Crippen LogP) is 5.33. The van der Waals surface area contributed by atoms with Gasteiger partial charge in [-0.05, 0) is 36.4 Å². The lowest BCUT2D eigenvalue weighted by molar-refractivity contribution is -0.142. The third-order valence-corrected chi connectivity index (χ3v) is 3.81. The van der Waals surface area contributed by atoms with Gasteiger partial charge in [0.05, 0.1) is 28.3 Å². The van der Waals surface area contributed by atoms with E-state index in [2.05, 4.69) is 15.7 Å². The van der Waals surface area contributed by atoms with E-state index >= 15 is 0 Å².